The second kappa shape index (κ2) is 3.24. The van der Waals surface area contributed by atoms with E-state index in [4.69, 9.17) is 0 Å². The van der Waals surface area contributed by atoms with Crippen molar-refractivity contribution >= 4 is 12.4 Å². The summed E-state index contributed by atoms with van der Waals surface area (Å²) < 4.78 is 0. The van der Waals surface area contributed by atoms with Gasteiger partial charge in [-0.05, 0) is 0 Å². The Morgan fingerprint density at radius 1 is 1.57 bits per heavy atom. The normalized spacial score (nSPS) is 18.4. The van der Waals surface area contributed by atoms with E-state index in [0.29, 0.717) is 0 Å². The molecule has 1 saturated heterocycles. The van der Waals surface area contributed by atoms with Gasteiger partial charge in [0.15, 0.2) is 0 Å². The molecule has 0 aromatic heterocycles. The number of rotatable bonds is 2. The quantitative estimate of drug-likeness (QED) is 0.528. The number of nitrogens with zero attached hydrogens (tertiary/aromatic N) is 1. The van der Waals surface area contributed by atoms with Crippen molar-refractivity contribution < 1.29 is 0 Å². The van der Waals surface area contributed by atoms with Crippen molar-refractivity contribution in [3.05, 3.63) is 0 Å². The monoisotopic (exact) mass is 122 g/mol. The minimum atomic E-state index is 0. The van der Waals surface area contributed by atoms with Crippen LogP contribution in [0.1, 0.15) is 6.92 Å². The highest BCUT2D eigenvalue weighted by molar-refractivity contribution is 5.85. The SMILES string of the molecule is CCNN1CC1.Cl. The molecule has 0 radical (unpaired) electrons. The number of nitrogens with one attached hydrogen (secondary N) is 1. The molecule has 2 nitrogen and oxygen atoms in total. The van der Waals surface area contributed by atoms with Gasteiger partial charge in [0.05, 0.1) is 0 Å². The van der Waals surface area contributed by atoms with Crippen LogP contribution < -0.4 is 5.43 Å². The van der Waals surface area contributed by atoms with Crippen LogP contribution in [-0.4, -0.2) is 24.6 Å². The summed E-state index contributed by atoms with van der Waals surface area (Å²) in [6.45, 7) is 5.67. The Kier molecular flexibility index (Phi) is 3.34. The van der Waals surface area contributed by atoms with Crippen LogP contribution >= 0.6 is 12.4 Å². The summed E-state index contributed by atoms with van der Waals surface area (Å²) in [6.07, 6.45) is 0. The maximum absolute atomic E-state index is 3.15. The van der Waals surface area contributed by atoms with Gasteiger partial charge in [0.2, 0.25) is 0 Å². The first-order chi connectivity index (χ1) is 2.93. The lowest BCUT2D eigenvalue weighted by Gasteiger charge is -1.94. The zero-order chi connectivity index (χ0) is 4.41. The van der Waals surface area contributed by atoms with E-state index >= 15 is 0 Å². The molecule has 0 unspecified atom stereocenters. The molecular formula is C4H11ClN2. The van der Waals surface area contributed by atoms with E-state index in [1.165, 1.54) is 13.1 Å². The van der Waals surface area contributed by atoms with Crippen molar-refractivity contribution in [2.24, 2.45) is 0 Å². The second-order valence-electron chi connectivity index (χ2n) is 1.50. The third-order valence-corrected chi connectivity index (χ3v) is 0.829. The van der Waals surface area contributed by atoms with Crippen LogP contribution in [0.4, 0.5) is 0 Å². The molecule has 1 fully saturated rings. The molecule has 7 heavy (non-hydrogen) atoms. The molecule has 0 spiro atoms. The van der Waals surface area contributed by atoms with E-state index < -0.39 is 0 Å². The molecule has 0 amide bonds. The molecule has 0 aromatic carbocycles. The lowest BCUT2D eigenvalue weighted by Crippen LogP contribution is -2.19. The standard InChI is InChI=1S/C4H10N2.ClH/c1-2-5-6-3-4-6;/h5H,2-4H2,1H3;1H. The Bertz CT molecular complexity index is 45.0. The van der Waals surface area contributed by atoms with Crippen LogP contribution in [0.25, 0.3) is 0 Å². The fraction of sp³-hybridized carbons (Fsp3) is 1.00. The van der Waals surface area contributed by atoms with Gasteiger partial charge in [0, 0.05) is 19.6 Å². The van der Waals surface area contributed by atoms with E-state index in [9.17, 15) is 0 Å². The Morgan fingerprint density at radius 2 is 2.14 bits per heavy atom. The summed E-state index contributed by atoms with van der Waals surface area (Å²) in [5, 5.41) is 2.18. The second-order valence-corrected chi connectivity index (χ2v) is 1.50. The number of halogens is 1. The Labute approximate surface area is 50.3 Å². The largest absolute Gasteiger partial charge is 0.255 e. The first kappa shape index (κ1) is 7.21. The highest BCUT2D eigenvalue weighted by Crippen LogP contribution is 1.94. The van der Waals surface area contributed by atoms with Crippen molar-refractivity contribution in [3.8, 4) is 0 Å². The lowest BCUT2D eigenvalue weighted by molar-refractivity contribution is 0.418. The highest BCUT2D eigenvalue weighted by Gasteiger charge is 2.13. The summed E-state index contributed by atoms with van der Waals surface area (Å²) in [5.74, 6) is 0. The van der Waals surface area contributed by atoms with E-state index in [0.717, 1.165) is 6.54 Å². The van der Waals surface area contributed by atoms with Crippen LogP contribution in [0.3, 0.4) is 0 Å². The topological polar surface area (TPSA) is 15.0 Å². The third-order valence-electron chi connectivity index (χ3n) is 0.829. The van der Waals surface area contributed by atoms with Gasteiger partial charge in [-0.3, -0.25) is 5.43 Å². The van der Waals surface area contributed by atoms with Crippen LogP contribution in [0, 0.1) is 0 Å². The predicted molar refractivity (Wildman–Crippen MR) is 32.5 cm³/mol. The molecular weight excluding hydrogens is 112 g/mol. The molecule has 0 saturated carbocycles. The summed E-state index contributed by atoms with van der Waals surface area (Å²) in [7, 11) is 0. The maximum Gasteiger partial charge on any atom is 0.0273 e. The van der Waals surface area contributed by atoms with Gasteiger partial charge >= 0.3 is 0 Å². The van der Waals surface area contributed by atoms with Crippen LogP contribution in [-0.2, 0) is 0 Å². The average Bonchev–Trinajstić information content (AvgIpc) is 2.21. The zero-order valence-electron chi connectivity index (χ0n) is 4.48. The maximum atomic E-state index is 3.15. The molecule has 0 aromatic rings. The van der Waals surface area contributed by atoms with Crippen molar-refractivity contribution in [1.82, 2.24) is 10.4 Å². The number of hydrazine groups is 1. The van der Waals surface area contributed by atoms with Crippen LogP contribution in [0.5, 0.6) is 0 Å². The highest BCUT2D eigenvalue weighted by atomic mass is 35.5. The first-order valence-electron chi connectivity index (χ1n) is 2.42. The van der Waals surface area contributed by atoms with Crippen LogP contribution in [0.2, 0.25) is 0 Å². The summed E-state index contributed by atoms with van der Waals surface area (Å²) in [5.41, 5.74) is 3.15. The van der Waals surface area contributed by atoms with Gasteiger partial charge in [-0.25, -0.2) is 5.01 Å². The lowest BCUT2D eigenvalue weighted by atomic mass is 10.8. The van der Waals surface area contributed by atoms with Gasteiger partial charge in [-0.15, -0.1) is 12.4 Å². The fourth-order valence-corrected chi connectivity index (χ4v) is 0.432. The first-order valence-corrected chi connectivity index (χ1v) is 2.42. The van der Waals surface area contributed by atoms with Gasteiger partial charge in [-0.1, -0.05) is 6.92 Å². The molecule has 1 aliphatic heterocycles. The van der Waals surface area contributed by atoms with Crippen molar-refractivity contribution in [2.75, 3.05) is 19.6 Å². The van der Waals surface area contributed by atoms with Crippen molar-refractivity contribution in [2.45, 2.75) is 6.92 Å². The third kappa shape index (κ3) is 2.85. The molecule has 0 bridgehead atoms. The Morgan fingerprint density at radius 3 is 2.29 bits per heavy atom. The van der Waals surface area contributed by atoms with E-state index in [2.05, 4.69) is 17.4 Å². The minimum Gasteiger partial charge on any atom is -0.255 e. The molecule has 3 heteroatoms. The zero-order valence-corrected chi connectivity index (χ0v) is 5.29. The molecule has 0 aliphatic carbocycles. The van der Waals surface area contributed by atoms with Gasteiger partial charge in [0.1, 0.15) is 0 Å². The predicted octanol–water partition coefficient (Wildman–Crippen LogP) is 0.248. The summed E-state index contributed by atoms with van der Waals surface area (Å²) in [4.78, 5) is 0. The molecule has 1 rings (SSSR count). The molecule has 44 valence electrons. The number of hydrogen-bond acceptors (Lipinski definition) is 2. The average molecular weight is 123 g/mol. The van der Waals surface area contributed by atoms with E-state index in [1.54, 1.807) is 0 Å². The fourth-order valence-electron chi connectivity index (χ4n) is 0.432. The number of hydrogen-bond donors (Lipinski definition) is 1. The summed E-state index contributed by atoms with van der Waals surface area (Å²) >= 11 is 0. The molecule has 0 atom stereocenters. The van der Waals surface area contributed by atoms with Crippen molar-refractivity contribution in [1.29, 1.82) is 0 Å². The van der Waals surface area contributed by atoms with Gasteiger partial charge < -0.3 is 0 Å². The van der Waals surface area contributed by atoms with Crippen molar-refractivity contribution in [3.63, 3.8) is 0 Å². The van der Waals surface area contributed by atoms with E-state index in [-0.39, 0.29) is 12.4 Å². The minimum absolute atomic E-state index is 0. The Balaban J connectivity index is 0.000000360. The van der Waals surface area contributed by atoms with Crippen LogP contribution in [0.15, 0.2) is 0 Å². The molecule has 1 heterocycles. The molecule has 1 N–H and O–H groups in total. The smallest absolute Gasteiger partial charge is 0.0273 e. The Hall–Kier alpha value is 0.210. The van der Waals surface area contributed by atoms with Gasteiger partial charge in [-0.2, -0.15) is 0 Å². The van der Waals surface area contributed by atoms with E-state index in [1.807, 2.05) is 0 Å². The van der Waals surface area contributed by atoms with Gasteiger partial charge in [0.25, 0.3) is 0 Å². The molecule has 1 aliphatic rings. The summed E-state index contributed by atoms with van der Waals surface area (Å²) in [6, 6.07) is 0.